The predicted octanol–water partition coefficient (Wildman–Crippen LogP) is 3.33. The number of amides is 1. The van der Waals surface area contributed by atoms with Crippen LogP contribution in [0, 0.1) is 0 Å². The predicted molar refractivity (Wildman–Crippen MR) is 110 cm³/mol. The van der Waals surface area contributed by atoms with Gasteiger partial charge in [-0.15, -0.1) is 11.6 Å². The van der Waals surface area contributed by atoms with Gasteiger partial charge in [0, 0.05) is 15.9 Å². The van der Waals surface area contributed by atoms with Gasteiger partial charge in [0.2, 0.25) is 10.0 Å². The number of carbonyl (C=O) groups excluding carboxylic acids is 1. The zero-order valence-corrected chi connectivity index (χ0v) is 16.9. The fourth-order valence-electron chi connectivity index (χ4n) is 3.57. The highest BCUT2D eigenvalue weighted by atomic mass is 35.5. The van der Waals surface area contributed by atoms with Crippen LogP contribution >= 0.6 is 23.2 Å². The molecule has 2 atom stereocenters. The van der Waals surface area contributed by atoms with E-state index in [0.29, 0.717) is 17.1 Å². The molecule has 0 fully saturated rings. The Morgan fingerprint density at radius 3 is 2.75 bits per heavy atom. The van der Waals surface area contributed by atoms with Crippen LogP contribution in [0.2, 0.25) is 5.02 Å². The number of aromatic amines is 1. The highest BCUT2D eigenvalue weighted by Gasteiger charge is 2.36. The van der Waals surface area contributed by atoms with E-state index in [4.69, 9.17) is 23.2 Å². The highest BCUT2D eigenvalue weighted by Crippen LogP contribution is 2.32. The van der Waals surface area contributed by atoms with Crippen LogP contribution in [0.5, 0.6) is 0 Å². The van der Waals surface area contributed by atoms with E-state index in [1.54, 1.807) is 24.3 Å². The quantitative estimate of drug-likeness (QED) is 0.534. The molecule has 1 heterocycles. The third-order valence-electron chi connectivity index (χ3n) is 4.83. The Morgan fingerprint density at radius 1 is 1.18 bits per heavy atom. The van der Waals surface area contributed by atoms with Gasteiger partial charge in [0.05, 0.1) is 12.1 Å². The Kier molecular flexibility index (Phi) is 5.09. The van der Waals surface area contributed by atoms with Gasteiger partial charge in [-0.2, -0.15) is 0 Å². The molecule has 1 amide bonds. The molecule has 0 spiro atoms. The number of sulfonamides is 1. The van der Waals surface area contributed by atoms with Gasteiger partial charge in [-0.05, 0) is 41.8 Å². The minimum atomic E-state index is -3.66. The molecule has 3 N–H and O–H groups in total. The molecule has 0 bridgehead atoms. The van der Waals surface area contributed by atoms with E-state index >= 15 is 0 Å². The van der Waals surface area contributed by atoms with Gasteiger partial charge in [-0.25, -0.2) is 13.1 Å². The Bertz CT molecular complexity index is 1160. The molecule has 0 aliphatic heterocycles. The zero-order valence-electron chi connectivity index (χ0n) is 14.6. The van der Waals surface area contributed by atoms with Gasteiger partial charge in [0.25, 0.3) is 5.91 Å². The summed E-state index contributed by atoms with van der Waals surface area (Å²) in [7, 11) is -3.66. The molecule has 0 saturated heterocycles. The lowest BCUT2D eigenvalue weighted by Crippen LogP contribution is -2.44. The maximum Gasteiger partial charge on any atom is 0.268 e. The molecule has 1 aromatic heterocycles. The van der Waals surface area contributed by atoms with E-state index in [-0.39, 0.29) is 5.91 Å². The third kappa shape index (κ3) is 3.75. The van der Waals surface area contributed by atoms with Crippen LogP contribution in [0.25, 0.3) is 10.9 Å². The number of alkyl halides is 1. The van der Waals surface area contributed by atoms with Crippen LogP contribution in [0.3, 0.4) is 0 Å². The molecular weight excluding hydrogens is 421 g/mol. The average molecular weight is 438 g/mol. The first-order valence-electron chi connectivity index (χ1n) is 8.59. The standard InChI is InChI=1S/C19H17Cl2N3O3S/c20-10-28(26,27)24-18-14-4-2-1-3-11(14)8-16(18)23-19(25)17-9-12-7-13(21)5-6-15(12)22-17/h1-7,9,16,18,22,24H,8,10H2,(H,23,25)/t16-,18-/m1/s1. The van der Waals surface area contributed by atoms with Crippen molar-refractivity contribution in [1.82, 2.24) is 15.0 Å². The van der Waals surface area contributed by atoms with Gasteiger partial charge >= 0.3 is 0 Å². The first-order chi connectivity index (χ1) is 13.4. The summed E-state index contributed by atoms with van der Waals surface area (Å²) < 4.78 is 26.7. The first kappa shape index (κ1) is 19.3. The smallest absolute Gasteiger partial charge is 0.268 e. The van der Waals surface area contributed by atoms with Crippen molar-refractivity contribution in [2.45, 2.75) is 18.5 Å². The van der Waals surface area contributed by atoms with Crippen molar-refractivity contribution in [3.8, 4) is 0 Å². The van der Waals surface area contributed by atoms with E-state index in [1.165, 1.54) is 0 Å². The number of aromatic nitrogens is 1. The minimum Gasteiger partial charge on any atom is -0.351 e. The van der Waals surface area contributed by atoms with Crippen molar-refractivity contribution < 1.29 is 13.2 Å². The fraction of sp³-hybridized carbons (Fsp3) is 0.211. The molecule has 1 aliphatic carbocycles. The van der Waals surface area contributed by atoms with Crippen LogP contribution in [0.15, 0.2) is 48.5 Å². The maximum absolute atomic E-state index is 12.8. The molecule has 1 aliphatic rings. The number of carbonyl (C=O) groups is 1. The number of benzene rings is 2. The van der Waals surface area contributed by atoms with Gasteiger partial charge in [0.1, 0.15) is 10.9 Å². The Hall–Kier alpha value is -2.06. The number of halogens is 2. The van der Waals surface area contributed by atoms with E-state index in [9.17, 15) is 13.2 Å². The van der Waals surface area contributed by atoms with Gasteiger partial charge in [-0.3, -0.25) is 4.79 Å². The molecule has 0 radical (unpaired) electrons. The molecule has 28 heavy (non-hydrogen) atoms. The second-order valence-electron chi connectivity index (χ2n) is 6.72. The summed E-state index contributed by atoms with van der Waals surface area (Å²) in [6.45, 7) is 0. The molecule has 0 unspecified atom stereocenters. The third-order valence-corrected chi connectivity index (χ3v) is 6.82. The second kappa shape index (κ2) is 7.40. The molecule has 4 rings (SSSR count). The van der Waals surface area contributed by atoms with Gasteiger partial charge < -0.3 is 10.3 Å². The molecule has 3 aromatic rings. The number of hydrogen-bond acceptors (Lipinski definition) is 3. The Balaban J connectivity index is 1.60. The summed E-state index contributed by atoms with van der Waals surface area (Å²) in [5.74, 6) is -0.319. The number of nitrogens with one attached hydrogen (secondary N) is 3. The van der Waals surface area contributed by atoms with Crippen molar-refractivity contribution in [1.29, 1.82) is 0 Å². The Labute approximate surface area is 172 Å². The van der Waals surface area contributed by atoms with Crippen LogP contribution < -0.4 is 10.0 Å². The SMILES string of the molecule is O=C(N[C@@H]1Cc2ccccc2[C@H]1NS(=O)(=O)CCl)c1cc2cc(Cl)ccc2[nH]1. The van der Waals surface area contributed by atoms with Crippen molar-refractivity contribution in [3.63, 3.8) is 0 Å². The molecule has 2 aromatic carbocycles. The first-order valence-corrected chi connectivity index (χ1v) is 11.2. The van der Waals surface area contributed by atoms with Crippen molar-refractivity contribution >= 4 is 50.0 Å². The summed E-state index contributed by atoms with van der Waals surface area (Å²) in [4.78, 5) is 15.9. The lowest BCUT2D eigenvalue weighted by molar-refractivity contribution is 0.0927. The number of H-pyrrole nitrogens is 1. The minimum absolute atomic E-state index is 0.319. The summed E-state index contributed by atoms with van der Waals surface area (Å²) in [5.41, 5.74) is 3.00. The Morgan fingerprint density at radius 2 is 1.96 bits per heavy atom. The maximum atomic E-state index is 12.8. The van der Waals surface area contributed by atoms with Crippen LogP contribution in [0.4, 0.5) is 0 Å². The lowest BCUT2D eigenvalue weighted by Gasteiger charge is -2.22. The van der Waals surface area contributed by atoms with Crippen molar-refractivity contribution in [3.05, 3.63) is 70.4 Å². The number of fused-ring (bicyclic) bond motifs is 2. The fourth-order valence-corrected chi connectivity index (χ4v) is 4.68. The van der Waals surface area contributed by atoms with Crippen molar-refractivity contribution in [2.75, 3.05) is 5.21 Å². The molecular formula is C19H17Cl2N3O3S. The molecule has 0 saturated carbocycles. The van der Waals surface area contributed by atoms with Crippen LogP contribution in [-0.4, -0.2) is 30.6 Å². The number of rotatable bonds is 5. The average Bonchev–Trinajstić information content (AvgIpc) is 3.23. The summed E-state index contributed by atoms with van der Waals surface area (Å²) >= 11 is 11.6. The van der Waals surface area contributed by atoms with E-state index < -0.39 is 27.3 Å². The van der Waals surface area contributed by atoms with Gasteiger partial charge in [-0.1, -0.05) is 35.9 Å². The molecule has 9 heteroatoms. The summed E-state index contributed by atoms with van der Waals surface area (Å²) in [5, 5.41) is 3.80. The van der Waals surface area contributed by atoms with E-state index in [0.717, 1.165) is 22.0 Å². The molecule has 146 valence electrons. The van der Waals surface area contributed by atoms with Crippen LogP contribution in [0.1, 0.15) is 27.7 Å². The van der Waals surface area contributed by atoms with E-state index in [1.807, 2.05) is 24.3 Å². The van der Waals surface area contributed by atoms with Crippen molar-refractivity contribution in [2.24, 2.45) is 0 Å². The highest BCUT2D eigenvalue weighted by molar-refractivity contribution is 7.90. The van der Waals surface area contributed by atoms with E-state index in [2.05, 4.69) is 15.0 Å². The lowest BCUT2D eigenvalue weighted by atomic mass is 10.1. The second-order valence-corrected chi connectivity index (χ2v) is 9.49. The largest absolute Gasteiger partial charge is 0.351 e. The molecule has 6 nitrogen and oxygen atoms in total. The zero-order chi connectivity index (χ0) is 19.9. The topological polar surface area (TPSA) is 91.1 Å². The van der Waals surface area contributed by atoms with Gasteiger partial charge in [0.15, 0.2) is 0 Å². The van der Waals surface area contributed by atoms with Crippen LogP contribution in [-0.2, 0) is 16.4 Å². The summed E-state index contributed by atoms with van der Waals surface area (Å²) in [6.07, 6.45) is 0.517. The normalized spacial score (nSPS) is 18.9. The monoisotopic (exact) mass is 437 g/mol. The summed E-state index contributed by atoms with van der Waals surface area (Å²) in [6, 6.07) is 13.5. The number of hydrogen-bond donors (Lipinski definition) is 3.